The number of rotatable bonds is 16. The quantitative estimate of drug-likeness (QED) is 0.201. The molecule has 0 aliphatic heterocycles. The number of aliphatic carboxylic acids is 1. The van der Waals surface area contributed by atoms with Crippen LogP contribution in [0.3, 0.4) is 0 Å². The lowest BCUT2D eigenvalue weighted by molar-refractivity contribution is -0.274. The van der Waals surface area contributed by atoms with Crippen molar-refractivity contribution in [3.8, 4) is 17.2 Å². The number of carbonyl (C=O) groups excluding carboxylic acids is 1. The molecule has 1 amide bonds. The Morgan fingerprint density at radius 1 is 0.878 bits per heavy atom. The molecule has 2 rings (SSSR count). The molecule has 0 aromatic heterocycles. The number of nitrogens with zero attached hydrogens (tertiary/aromatic N) is 1. The van der Waals surface area contributed by atoms with E-state index >= 15 is 0 Å². The van der Waals surface area contributed by atoms with E-state index in [9.17, 15) is 41.0 Å². The Kier molecular flexibility index (Phi) is 13.0. The van der Waals surface area contributed by atoms with Crippen LogP contribution in [0.25, 0.3) is 0 Å². The summed E-state index contributed by atoms with van der Waals surface area (Å²) < 4.78 is 98.2. The summed E-state index contributed by atoms with van der Waals surface area (Å²) in [5, 5.41) is 9.21. The van der Waals surface area contributed by atoms with Gasteiger partial charge in [0.1, 0.15) is 30.5 Å². The number of amides is 1. The lowest BCUT2D eigenvalue weighted by Gasteiger charge is -2.22. The van der Waals surface area contributed by atoms with Gasteiger partial charge in [0.25, 0.3) is 0 Å². The second kappa shape index (κ2) is 15.9. The molecule has 41 heavy (non-hydrogen) atoms. The lowest BCUT2D eigenvalue weighted by atomic mass is 10.1. The highest BCUT2D eigenvalue weighted by molar-refractivity contribution is 5.72. The Morgan fingerprint density at radius 2 is 1.49 bits per heavy atom. The minimum absolute atomic E-state index is 0.0306. The fraction of sp³-hybridized carbons (Fsp3) is 0.462. The molecule has 2 aromatic rings. The van der Waals surface area contributed by atoms with Crippen molar-refractivity contribution < 1.29 is 64.7 Å². The van der Waals surface area contributed by atoms with Gasteiger partial charge in [-0.2, -0.15) is 13.2 Å². The summed E-state index contributed by atoms with van der Waals surface area (Å²) in [5.74, 6) is -1.30. The van der Waals surface area contributed by atoms with Crippen LogP contribution in [0.2, 0.25) is 0 Å². The first-order valence-electron chi connectivity index (χ1n) is 12.3. The molecule has 0 aliphatic rings. The van der Waals surface area contributed by atoms with Gasteiger partial charge in [-0.1, -0.05) is 12.1 Å². The van der Waals surface area contributed by atoms with Crippen molar-refractivity contribution >= 4 is 12.1 Å². The van der Waals surface area contributed by atoms with Gasteiger partial charge in [-0.25, -0.2) is 9.59 Å². The molecule has 0 heterocycles. The van der Waals surface area contributed by atoms with E-state index in [4.69, 9.17) is 14.2 Å². The van der Waals surface area contributed by atoms with E-state index in [2.05, 4.69) is 9.47 Å². The topological polar surface area (TPSA) is 104 Å². The zero-order valence-electron chi connectivity index (χ0n) is 21.9. The first-order valence-corrected chi connectivity index (χ1v) is 12.3. The minimum atomic E-state index is -4.89. The number of benzene rings is 2. The number of carboxylic acids is 1. The normalized spacial score (nSPS) is 12.5. The van der Waals surface area contributed by atoms with Gasteiger partial charge in [0.2, 0.25) is 0 Å². The van der Waals surface area contributed by atoms with Crippen LogP contribution in [-0.4, -0.2) is 80.2 Å². The van der Waals surface area contributed by atoms with E-state index in [0.717, 1.165) is 29.2 Å². The highest BCUT2D eigenvalue weighted by Crippen LogP contribution is 2.25. The predicted octanol–water partition coefficient (Wildman–Crippen LogP) is 5.47. The third kappa shape index (κ3) is 14.0. The molecule has 1 unspecified atom stereocenters. The molecule has 0 spiro atoms. The Hall–Kier alpha value is -3.72. The average Bonchev–Trinajstić information content (AvgIpc) is 2.87. The Bertz CT molecular complexity index is 1080. The molecule has 1 N–H and O–H groups in total. The SMILES string of the molecule is CCOC(Cc1ccc(OCCN(CCCOCC(F)(F)F)C(=O)Oc2ccc(OC(F)(F)F)cc2)cc1)C(=O)O. The molecule has 9 nitrogen and oxygen atoms in total. The van der Waals surface area contributed by atoms with Crippen LogP contribution in [0.1, 0.15) is 18.9 Å². The fourth-order valence-corrected chi connectivity index (χ4v) is 3.34. The van der Waals surface area contributed by atoms with Gasteiger partial charge in [0, 0.05) is 26.2 Å². The molecule has 2 aromatic carbocycles. The summed E-state index contributed by atoms with van der Waals surface area (Å²) in [4.78, 5) is 25.1. The smallest absolute Gasteiger partial charge is 0.492 e. The highest BCUT2D eigenvalue weighted by Gasteiger charge is 2.31. The number of hydrogen-bond acceptors (Lipinski definition) is 7. The molecule has 0 saturated carbocycles. The average molecular weight is 598 g/mol. The fourth-order valence-electron chi connectivity index (χ4n) is 3.34. The van der Waals surface area contributed by atoms with Crippen LogP contribution in [-0.2, 0) is 20.7 Å². The highest BCUT2D eigenvalue weighted by atomic mass is 19.4. The van der Waals surface area contributed by atoms with Gasteiger partial charge in [0.15, 0.2) is 6.10 Å². The minimum Gasteiger partial charge on any atom is -0.492 e. The molecular weight excluding hydrogens is 568 g/mol. The summed E-state index contributed by atoms with van der Waals surface area (Å²) in [6, 6.07) is 10.6. The van der Waals surface area contributed by atoms with Crippen molar-refractivity contribution in [2.75, 3.05) is 39.5 Å². The van der Waals surface area contributed by atoms with E-state index in [1.54, 1.807) is 31.2 Å². The van der Waals surface area contributed by atoms with Gasteiger partial charge >= 0.3 is 24.6 Å². The van der Waals surface area contributed by atoms with Crippen molar-refractivity contribution in [2.24, 2.45) is 0 Å². The van der Waals surface area contributed by atoms with Crippen LogP contribution < -0.4 is 14.2 Å². The Morgan fingerprint density at radius 3 is 2.05 bits per heavy atom. The van der Waals surface area contributed by atoms with Crippen molar-refractivity contribution in [3.63, 3.8) is 0 Å². The number of carboxylic acid groups (broad SMARTS) is 1. The van der Waals surface area contributed by atoms with Crippen LogP contribution in [0.15, 0.2) is 48.5 Å². The van der Waals surface area contributed by atoms with Crippen molar-refractivity contribution in [3.05, 3.63) is 54.1 Å². The van der Waals surface area contributed by atoms with Crippen LogP contribution in [0.5, 0.6) is 17.2 Å². The lowest BCUT2D eigenvalue weighted by Crippen LogP contribution is -2.38. The second-order valence-corrected chi connectivity index (χ2v) is 8.37. The molecular formula is C26H29F6NO8. The maximum Gasteiger partial charge on any atom is 0.573 e. The molecule has 0 fully saturated rings. The van der Waals surface area contributed by atoms with Crippen LogP contribution in [0.4, 0.5) is 31.1 Å². The maximum absolute atomic E-state index is 12.7. The first-order chi connectivity index (χ1) is 19.3. The van der Waals surface area contributed by atoms with Gasteiger partial charge in [-0.05, 0) is 55.3 Å². The predicted molar refractivity (Wildman–Crippen MR) is 131 cm³/mol. The van der Waals surface area contributed by atoms with E-state index < -0.39 is 43.1 Å². The summed E-state index contributed by atoms with van der Waals surface area (Å²) in [5.41, 5.74) is 0.689. The standard InChI is InChI=1S/C26H29F6NO8/c1-2-38-22(23(34)35)16-18-4-6-19(7-5-18)39-15-13-33(12-3-14-37-17-25(27,28)29)24(36)40-20-8-10-21(11-9-20)41-26(30,31)32/h4-11,22H,2-3,12-17H2,1H3,(H,34,35). The monoisotopic (exact) mass is 597 g/mol. The third-order valence-electron chi connectivity index (χ3n) is 5.12. The molecule has 0 bridgehead atoms. The van der Waals surface area contributed by atoms with Gasteiger partial charge < -0.3 is 33.7 Å². The third-order valence-corrected chi connectivity index (χ3v) is 5.12. The van der Waals surface area contributed by atoms with Gasteiger partial charge in [0.05, 0.1) is 6.54 Å². The summed E-state index contributed by atoms with van der Waals surface area (Å²) in [6.45, 7) is 0.0126. The van der Waals surface area contributed by atoms with Crippen LogP contribution >= 0.6 is 0 Å². The van der Waals surface area contributed by atoms with E-state index in [-0.39, 0.29) is 51.5 Å². The molecule has 228 valence electrons. The zero-order chi connectivity index (χ0) is 30.5. The van der Waals surface area contributed by atoms with Crippen LogP contribution in [0, 0.1) is 0 Å². The van der Waals surface area contributed by atoms with Gasteiger partial charge in [-0.15, -0.1) is 13.2 Å². The summed E-state index contributed by atoms with van der Waals surface area (Å²) in [6.07, 6.45) is -11.1. The van der Waals surface area contributed by atoms with Gasteiger partial charge in [-0.3, -0.25) is 0 Å². The van der Waals surface area contributed by atoms with Crippen molar-refractivity contribution in [2.45, 2.75) is 38.4 Å². The second-order valence-electron chi connectivity index (χ2n) is 8.37. The summed E-state index contributed by atoms with van der Waals surface area (Å²) >= 11 is 0. The van der Waals surface area contributed by atoms with E-state index in [1.165, 1.54) is 0 Å². The Balaban J connectivity index is 1.95. The van der Waals surface area contributed by atoms with E-state index in [0.29, 0.717) is 11.3 Å². The number of hydrogen-bond donors (Lipinski definition) is 1. The number of halogens is 6. The molecule has 0 saturated heterocycles. The number of alkyl halides is 6. The first kappa shape index (κ1) is 33.5. The molecule has 15 heteroatoms. The number of ether oxygens (including phenoxy) is 5. The zero-order valence-corrected chi connectivity index (χ0v) is 21.9. The Labute approximate surface area is 231 Å². The summed E-state index contributed by atoms with van der Waals surface area (Å²) in [7, 11) is 0. The molecule has 0 aliphatic carbocycles. The molecule has 1 atom stereocenters. The molecule has 0 radical (unpaired) electrons. The van der Waals surface area contributed by atoms with Crippen molar-refractivity contribution in [1.29, 1.82) is 0 Å². The van der Waals surface area contributed by atoms with E-state index in [1.807, 2.05) is 0 Å². The largest absolute Gasteiger partial charge is 0.573 e. The maximum atomic E-state index is 12.7. The number of carbonyl (C=O) groups is 2. The van der Waals surface area contributed by atoms with Crippen molar-refractivity contribution in [1.82, 2.24) is 4.90 Å².